The van der Waals surface area contributed by atoms with Gasteiger partial charge in [-0.3, -0.25) is 9.89 Å². The van der Waals surface area contributed by atoms with E-state index in [-0.39, 0.29) is 0 Å². The minimum Gasteiger partial charge on any atom is -0.382 e. The molecule has 5 nitrogen and oxygen atoms in total. The van der Waals surface area contributed by atoms with Crippen LogP contribution in [0.1, 0.15) is 48.0 Å². The Labute approximate surface area is 131 Å². The summed E-state index contributed by atoms with van der Waals surface area (Å²) in [6.07, 6.45) is 0.967. The molecule has 0 spiro atoms. The summed E-state index contributed by atoms with van der Waals surface area (Å²) >= 11 is 0. The highest BCUT2D eigenvalue weighted by molar-refractivity contribution is 5.79. The lowest BCUT2D eigenvalue weighted by Gasteiger charge is -2.30. The van der Waals surface area contributed by atoms with Crippen LogP contribution in [0.5, 0.6) is 0 Å². The number of hydrogen-bond donors (Lipinski definition) is 2. The first-order valence-electron chi connectivity index (χ1n) is 8.38. The highest BCUT2D eigenvalue weighted by Gasteiger charge is 2.12. The van der Waals surface area contributed by atoms with Crippen LogP contribution in [0, 0.1) is 0 Å². The molecule has 0 bridgehead atoms. The van der Waals surface area contributed by atoms with Crippen LogP contribution in [-0.4, -0.2) is 62.3 Å². The summed E-state index contributed by atoms with van der Waals surface area (Å²) in [6, 6.07) is 1.13. The minimum absolute atomic E-state index is 0.567. The number of rotatable bonds is 11. The molecule has 2 N–H and O–H groups in total. The van der Waals surface area contributed by atoms with Gasteiger partial charge in [0.05, 0.1) is 0 Å². The van der Waals surface area contributed by atoms with Gasteiger partial charge < -0.3 is 15.4 Å². The second-order valence-electron chi connectivity index (χ2n) is 5.66. The fourth-order valence-corrected chi connectivity index (χ4v) is 2.26. The van der Waals surface area contributed by atoms with Crippen LogP contribution in [-0.2, 0) is 4.74 Å². The van der Waals surface area contributed by atoms with Crippen LogP contribution in [0.4, 0.5) is 0 Å². The van der Waals surface area contributed by atoms with E-state index < -0.39 is 0 Å². The van der Waals surface area contributed by atoms with Gasteiger partial charge in [0.2, 0.25) is 0 Å². The molecular formula is C16H36N4O. The lowest BCUT2D eigenvalue weighted by atomic mass is 10.2. The number of hydrogen-bond acceptors (Lipinski definition) is 3. The van der Waals surface area contributed by atoms with Crippen molar-refractivity contribution in [3.05, 3.63) is 0 Å². The molecule has 0 aliphatic rings. The Hall–Kier alpha value is -0.810. The summed E-state index contributed by atoms with van der Waals surface area (Å²) in [5.74, 6) is 0.904. The van der Waals surface area contributed by atoms with Gasteiger partial charge in [0.15, 0.2) is 5.96 Å². The van der Waals surface area contributed by atoms with Crippen LogP contribution < -0.4 is 10.6 Å². The Morgan fingerprint density at radius 3 is 2.29 bits per heavy atom. The van der Waals surface area contributed by atoms with E-state index in [9.17, 15) is 0 Å². The fourth-order valence-electron chi connectivity index (χ4n) is 2.26. The number of nitrogens with one attached hydrogen (secondary N) is 2. The Kier molecular flexibility index (Phi) is 12.4. The van der Waals surface area contributed by atoms with E-state index in [1.165, 1.54) is 0 Å². The summed E-state index contributed by atoms with van der Waals surface area (Å²) in [5, 5.41) is 6.69. The summed E-state index contributed by atoms with van der Waals surface area (Å²) in [4.78, 5) is 7.05. The first-order chi connectivity index (χ1) is 10.0. The fraction of sp³-hybridized carbons (Fsp3) is 0.938. The van der Waals surface area contributed by atoms with E-state index in [1.807, 2.05) is 6.92 Å². The third-order valence-electron chi connectivity index (χ3n) is 3.25. The van der Waals surface area contributed by atoms with Crippen molar-refractivity contribution in [3.8, 4) is 0 Å². The van der Waals surface area contributed by atoms with Crippen LogP contribution in [0.2, 0.25) is 0 Å². The highest BCUT2D eigenvalue weighted by Crippen LogP contribution is 2.03. The van der Waals surface area contributed by atoms with Crippen LogP contribution in [0.15, 0.2) is 4.99 Å². The number of aliphatic imine (C=N–C) groups is 1. The Morgan fingerprint density at radius 2 is 1.76 bits per heavy atom. The number of nitrogens with zero attached hydrogens (tertiary/aromatic N) is 2. The normalized spacial score (nSPS) is 12.5. The smallest absolute Gasteiger partial charge is 0.191 e. The summed E-state index contributed by atoms with van der Waals surface area (Å²) in [7, 11) is 0. The maximum atomic E-state index is 5.32. The van der Waals surface area contributed by atoms with Gasteiger partial charge in [0.1, 0.15) is 0 Å². The largest absolute Gasteiger partial charge is 0.382 e. The minimum atomic E-state index is 0.567. The van der Waals surface area contributed by atoms with Gasteiger partial charge in [-0.15, -0.1) is 0 Å². The van der Waals surface area contributed by atoms with E-state index in [0.29, 0.717) is 12.1 Å². The predicted octanol–water partition coefficient (Wildman–Crippen LogP) is 2.09. The second kappa shape index (κ2) is 12.9. The first kappa shape index (κ1) is 20.2. The molecule has 0 atom stereocenters. The van der Waals surface area contributed by atoms with Gasteiger partial charge in [-0.1, -0.05) is 0 Å². The number of guanidine groups is 1. The monoisotopic (exact) mass is 300 g/mol. The van der Waals surface area contributed by atoms with E-state index >= 15 is 0 Å². The van der Waals surface area contributed by atoms with Crippen LogP contribution in [0.25, 0.3) is 0 Å². The van der Waals surface area contributed by atoms with Gasteiger partial charge in [-0.2, -0.15) is 0 Å². The molecule has 0 aromatic rings. The third kappa shape index (κ3) is 10.5. The average molecular weight is 300 g/mol. The molecule has 0 fully saturated rings. The molecule has 0 radical (unpaired) electrons. The second-order valence-corrected chi connectivity index (χ2v) is 5.66. The van der Waals surface area contributed by atoms with Crippen molar-refractivity contribution < 1.29 is 4.74 Å². The van der Waals surface area contributed by atoms with Gasteiger partial charge in [0.25, 0.3) is 0 Å². The zero-order valence-electron chi connectivity index (χ0n) is 14.9. The molecule has 126 valence electrons. The molecule has 0 aromatic heterocycles. The number of ether oxygens (including phenoxy) is 1. The first-order valence-corrected chi connectivity index (χ1v) is 8.38. The van der Waals surface area contributed by atoms with E-state index in [0.717, 1.165) is 51.8 Å². The van der Waals surface area contributed by atoms with Gasteiger partial charge >= 0.3 is 0 Å². The lowest BCUT2D eigenvalue weighted by molar-refractivity contribution is 0.146. The zero-order valence-corrected chi connectivity index (χ0v) is 14.9. The van der Waals surface area contributed by atoms with Crippen molar-refractivity contribution in [2.75, 3.05) is 39.4 Å². The third-order valence-corrected chi connectivity index (χ3v) is 3.25. The molecule has 0 amide bonds. The molecule has 21 heavy (non-hydrogen) atoms. The molecule has 0 saturated heterocycles. The summed E-state index contributed by atoms with van der Waals surface area (Å²) in [5.41, 5.74) is 0. The van der Waals surface area contributed by atoms with Crippen molar-refractivity contribution in [3.63, 3.8) is 0 Å². The van der Waals surface area contributed by atoms with Crippen molar-refractivity contribution >= 4 is 5.96 Å². The lowest BCUT2D eigenvalue weighted by Crippen LogP contribution is -2.45. The molecule has 5 heteroatoms. The molecule has 0 aromatic carbocycles. The SMILES string of the molecule is CCNC(=NCCCOCC)NCCN(C(C)C)C(C)C. The molecular weight excluding hydrogens is 264 g/mol. The summed E-state index contributed by atoms with van der Waals surface area (Å²) in [6.45, 7) is 18.3. The van der Waals surface area contributed by atoms with Gasteiger partial charge in [-0.25, -0.2) is 0 Å². The maximum Gasteiger partial charge on any atom is 0.191 e. The standard InChI is InChI=1S/C16H36N4O/c1-7-17-16(18-10-9-13-21-8-2)19-11-12-20(14(3)4)15(5)6/h14-15H,7-13H2,1-6H3,(H2,17,18,19). The predicted molar refractivity (Wildman–Crippen MR) is 92.1 cm³/mol. The summed E-state index contributed by atoms with van der Waals surface area (Å²) < 4.78 is 5.32. The van der Waals surface area contributed by atoms with Crippen LogP contribution >= 0.6 is 0 Å². The Bertz CT molecular complexity index is 259. The molecule has 0 saturated carbocycles. The van der Waals surface area contributed by atoms with E-state index in [2.05, 4.69) is 55.1 Å². The Balaban J connectivity index is 4.10. The maximum absolute atomic E-state index is 5.32. The zero-order chi connectivity index (χ0) is 16.1. The quantitative estimate of drug-likeness (QED) is 0.348. The highest BCUT2D eigenvalue weighted by atomic mass is 16.5. The van der Waals surface area contributed by atoms with Crippen molar-refractivity contribution in [1.82, 2.24) is 15.5 Å². The van der Waals surface area contributed by atoms with E-state index in [4.69, 9.17) is 4.74 Å². The molecule has 0 heterocycles. The molecule has 0 rings (SSSR count). The molecule has 0 aliphatic carbocycles. The van der Waals surface area contributed by atoms with E-state index in [1.54, 1.807) is 0 Å². The van der Waals surface area contributed by atoms with Crippen molar-refractivity contribution in [1.29, 1.82) is 0 Å². The average Bonchev–Trinajstić information content (AvgIpc) is 2.42. The molecule has 0 aliphatic heterocycles. The topological polar surface area (TPSA) is 48.9 Å². The Morgan fingerprint density at radius 1 is 1.10 bits per heavy atom. The van der Waals surface area contributed by atoms with Crippen molar-refractivity contribution in [2.45, 2.75) is 60.0 Å². The van der Waals surface area contributed by atoms with Gasteiger partial charge in [-0.05, 0) is 48.0 Å². The van der Waals surface area contributed by atoms with Gasteiger partial charge in [0, 0.05) is 51.5 Å². The molecule has 0 unspecified atom stereocenters. The van der Waals surface area contributed by atoms with Crippen molar-refractivity contribution in [2.24, 2.45) is 4.99 Å². The van der Waals surface area contributed by atoms with Crippen LogP contribution in [0.3, 0.4) is 0 Å².